The highest BCUT2D eigenvalue weighted by Gasteiger charge is 2.24. The molecule has 2 heterocycles. The van der Waals surface area contributed by atoms with Gasteiger partial charge in [-0.3, -0.25) is 9.48 Å². The first-order valence-corrected chi connectivity index (χ1v) is 9.04. The molecule has 7 heteroatoms. The number of carbonyl (C=O) groups excluding carboxylic acids is 1. The van der Waals surface area contributed by atoms with Gasteiger partial charge in [0.2, 0.25) is 0 Å². The normalized spacial score (nSPS) is 15.6. The van der Waals surface area contributed by atoms with Crippen LogP contribution in [0.2, 0.25) is 5.02 Å². The van der Waals surface area contributed by atoms with Gasteiger partial charge in [0, 0.05) is 25.7 Å². The molecule has 134 valence electrons. The molecule has 0 spiro atoms. The van der Waals surface area contributed by atoms with Crippen LogP contribution in [0, 0.1) is 5.92 Å². The minimum atomic E-state index is -0.211. The van der Waals surface area contributed by atoms with Crippen LogP contribution in [0.1, 0.15) is 48.9 Å². The van der Waals surface area contributed by atoms with Crippen molar-refractivity contribution in [2.45, 2.75) is 32.7 Å². The Hall–Kier alpha value is -2.08. The van der Waals surface area contributed by atoms with Crippen LogP contribution >= 0.6 is 11.6 Å². The van der Waals surface area contributed by atoms with Gasteiger partial charge in [0.05, 0.1) is 16.8 Å². The maximum atomic E-state index is 12.7. The topological polar surface area (TPSA) is 63.1 Å². The Kier molecular flexibility index (Phi) is 5.27. The van der Waals surface area contributed by atoms with Gasteiger partial charge in [0.25, 0.3) is 5.91 Å². The predicted molar refractivity (Wildman–Crippen MR) is 98.9 cm³/mol. The van der Waals surface area contributed by atoms with Gasteiger partial charge in [-0.25, -0.2) is 4.98 Å². The first-order valence-electron chi connectivity index (χ1n) is 8.66. The summed E-state index contributed by atoms with van der Waals surface area (Å²) in [6.45, 7) is 6.13. The Bertz CT molecular complexity index is 752. The summed E-state index contributed by atoms with van der Waals surface area (Å²) in [6.07, 6.45) is 3.87. The molecule has 1 N–H and O–H groups in total. The first-order chi connectivity index (χ1) is 12.0. The zero-order valence-corrected chi connectivity index (χ0v) is 15.6. The van der Waals surface area contributed by atoms with Gasteiger partial charge in [0.1, 0.15) is 12.2 Å². The number of hydrogen-bond donors (Lipinski definition) is 1. The number of amides is 1. The standard InChI is InChI=1S/C18H24ClN5O/c1-12(2)16(17-20-11-21-23(17)3)22-18(25)13-6-7-15(14(19)10-13)24-8-4-5-9-24/h6-7,10-12,16H,4-5,8-9H2,1-3H3,(H,22,25). The van der Waals surface area contributed by atoms with E-state index in [9.17, 15) is 4.79 Å². The second kappa shape index (κ2) is 7.44. The van der Waals surface area contributed by atoms with Gasteiger partial charge in [-0.15, -0.1) is 0 Å². The number of rotatable bonds is 5. The third-order valence-electron chi connectivity index (χ3n) is 4.63. The molecule has 1 aliphatic heterocycles. The predicted octanol–water partition coefficient (Wildman–Crippen LogP) is 3.20. The molecule has 0 radical (unpaired) electrons. The third-order valence-corrected chi connectivity index (χ3v) is 4.94. The van der Waals surface area contributed by atoms with Gasteiger partial charge < -0.3 is 10.2 Å². The van der Waals surface area contributed by atoms with E-state index in [1.54, 1.807) is 10.7 Å². The molecule has 6 nitrogen and oxygen atoms in total. The van der Waals surface area contributed by atoms with E-state index in [0.717, 1.165) is 24.6 Å². The molecule has 2 aromatic rings. The Morgan fingerprint density at radius 1 is 1.28 bits per heavy atom. The van der Waals surface area contributed by atoms with Crippen LogP contribution in [-0.4, -0.2) is 33.8 Å². The minimum absolute atomic E-state index is 0.156. The molecule has 0 bridgehead atoms. The zero-order chi connectivity index (χ0) is 18.0. The number of aromatic nitrogens is 3. The Morgan fingerprint density at radius 3 is 2.56 bits per heavy atom. The number of hydrogen-bond acceptors (Lipinski definition) is 4. The van der Waals surface area contributed by atoms with Gasteiger partial charge in [-0.2, -0.15) is 5.10 Å². The molecule has 0 saturated carbocycles. The lowest BCUT2D eigenvalue weighted by molar-refractivity contribution is 0.0922. The zero-order valence-electron chi connectivity index (χ0n) is 14.9. The van der Waals surface area contributed by atoms with Gasteiger partial charge in [-0.05, 0) is 37.0 Å². The number of carbonyl (C=O) groups is 1. The van der Waals surface area contributed by atoms with Crippen molar-refractivity contribution < 1.29 is 4.79 Å². The largest absolute Gasteiger partial charge is 0.370 e. The highest BCUT2D eigenvalue weighted by molar-refractivity contribution is 6.33. The maximum absolute atomic E-state index is 12.7. The average Bonchev–Trinajstić information content (AvgIpc) is 3.23. The van der Waals surface area contributed by atoms with E-state index in [4.69, 9.17) is 11.6 Å². The van der Waals surface area contributed by atoms with Crippen molar-refractivity contribution >= 4 is 23.2 Å². The van der Waals surface area contributed by atoms with Gasteiger partial charge in [-0.1, -0.05) is 25.4 Å². The molecule has 1 fully saturated rings. The molecule has 1 saturated heterocycles. The maximum Gasteiger partial charge on any atom is 0.251 e. The van der Waals surface area contributed by atoms with Crippen molar-refractivity contribution in [3.8, 4) is 0 Å². The number of nitrogens with one attached hydrogen (secondary N) is 1. The van der Waals surface area contributed by atoms with Crippen molar-refractivity contribution in [1.82, 2.24) is 20.1 Å². The van der Waals surface area contributed by atoms with E-state index in [2.05, 4.69) is 20.3 Å². The van der Waals surface area contributed by atoms with Crippen molar-refractivity contribution in [3.05, 3.63) is 40.9 Å². The van der Waals surface area contributed by atoms with E-state index < -0.39 is 0 Å². The van der Waals surface area contributed by atoms with Crippen LogP contribution in [0.4, 0.5) is 5.69 Å². The fourth-order valence-electron chi connectivity index (χ4n) is 3.20. The summed E-state index contributed by atoms with van der Waals surface area (Å²) in [4.78, 5) is 19.2. The van der Waals surface area contributed by atoms with Crippen LogP contribution < -0.4 is 10.2 Å². The van der Waals surface area contributed by atoms with E-state index in [1.165, 1.54) is 19.2 Å². The number of anilines is 1. The highest BCUT2D eigenvalue weighted by atomic mass is 35.5. The second-order valence-electron chi connectivity index (χ2n) is 6.80. The summed E-state index contributed by atoms with van der Waals surface area (Å²) in [5, 5.41) is 7.77. The van der Waals surface area contributed by atoms with Crippen LogP contribution in [-0.2, 0) is 7.05 Å². The number of nitrogens with zero attached hydrogens (tertiary/aromatic N) is 4. The van der Waals surface area contributed by atoms with Crippen molar-refractivity contribution in [2.24, 2.45) is 13.0 Å². The highest BCUT2D eigenvalue weighted by Crippen LogP contribution is 2.30. The van der Waals surface area contributed by atoms with E-state index >= 15 is 0 Å². The lowest BCUT2D eigenvalue weighted by Crippen LogP contribution is -2.33. The monoisotopic (exact) mass is 361 g/mol. The Morgan fingerprint density at radius 2 is 2.00 bits per heavy atom. The van der Waals surface area contributed by atoms with Crippen LogP contribution in [0.3, 0.4) is 0 Å². The molecule has 1 aromatic carbocycles. The third kappa shape index (κ3) is 3.79. The molecular weight excluding hydrogens is 338 g/mol. The smallest absolute Gasteiger partial charge is 0.251 e. The number of aryl methyl sites for hydroxylation is 1. The van der Waals surface area contributed by atoms with Crippen molar-refractivity contribution in [3.63, 3.8) is 0 Å². The average molecular weight is 362 g/mol. The minimum Gasteiger partial charge on any atom is -0.370 e. The summed E-state index contributed by atoms with van der Waals surface area (Å²) in [5.74, 6) is 0.769. The molecule has 0 aliphatic carbocycles. The second-order valence-corrected chi connectivity index (χ2v) is 7.20. The summed E-state index contributed by atoms with van der Waals surface area (Å²) in [5.41, 5.74) is 1.56. The Balaban J connectivity index is 1.78. The Labute approximate surface area is 153 Å². The number of halogens is 1. The molecule has 1 atom stereocenters. The summed E-state index contributed by atoms with van der Waals surface area (Å²) in [7, 11) is 1.82. The van der Waals surface area contributed by atoms with E-state index in [-0.39, 0.29) is 17.9 Å². The van der Waals surface area contributed by atoms with Crippen LogP contribution in [0.15, 0.2) is 24.5 Å². The molecule has 3 rings (SSSR count). The summed E-state index contributed by atoms with van der Waals surface area (Å²) >= 11 is 6.43. The van der Waals surface area contributed by atoms with Crippen molar-refractivity contribution in [1.29, 1.82) is 0 Å². The van der Waals surface area contributed by atoms with Crippen molar-refractivity contribution in [2.75, 3.05) is 18.0 Å². The molecule has 1 aromatic heterocycles. The molecule has 25 heavy (non-hydrogen) atoms. The lowest BCUT2D eigenvalue weighted by atomic mass is 10.0. The summed E-state index contributed by atoms with van der Waals surface area (Å²) in [6, 6.07) is 5.31. The van der Waals surface area contributed by atoms with E-state index in [0.29, 0.717) is 10.6 Å². The molecular formula is C18H24ClN5O. The first kappa shape index (κ1) is 17.7. The fourth-order valence-corrected chi connectivity index (χ4v) is 3.50. The van der Waals surface area contributed by atoms with Crippen LogP contribution in [0.5, 0.6) is 0 Å². The molecule has 1 unspecified atom stereocenters. The summed E-state index contributed by atoms with van der Waals surface area (Å²) < 4.78 is 1.69. The SMILES string of the molecule is CC(C)C(NC(=O)c1ccc(N2CCCC2)c(Cl)c1)c1ncnn1C. The quantitative estimate of drug-likeness (QED) is 0.888. The fraction of sp³-hybridized carbons (Fsp3) is 0.500. The molecule has 1 amide bonds. The van der Waals surface area contributed by atoms with Gasteiger partial charge in [0.15, 0.2) is 0 Å². The number of benzene rings is 1. The lowest BCUT2D eigenvalue weighted by Gasteiger charge is -2.22. The molecule has 1 aliphatic rings. The van der Waals surface area contributed by atoms with Gasteiger partial charge >= 0.3 is 0 Å². The van der Waals surface area contributed by atoms with Crippen LogP contribution in [0.25, 0.3) is 0 Å². The van der Waals surface area contributed by atoms with E-state index in [1.807, 2.05) is 33.0 Å².